The van der Waals surface area contributed by atoms with Crippen LogP contribution >= 0.6 is 0 Å². The van der Waals surface area contributed by atoms with Crippen LogP contribution in [-0.4, -0.2) is 25.7 Å². The van der Waals surface area contributed by atoms with Crippen LogP contribution in [-0.2, 0) is 18.4 Å². The summed E-state index contributed by atoms with van der Waals surface area (Å²) in [5, 5.41) is 14.5. The lowest BCUT2D eigenvalue weighted by Crippen LogP contribution is -2.24. The first-order chi connectivity index (χ1) is 9.54. The molecule has 2 rings (SSSR count). The number of hydrogen-bond donors (Lipinski definition) is 1. The minimum absolute atomic E-state index is 0.0394. The number of aromatic nitrogens is 4. The lowest BCUT2D eigenvalue weighted by Gasteiger charge is -2.09. The van der Waals surface area contributed by atoms with Crippen LogP contribution < -0.4 is 5.69 Å². The Labute approximate surface area is 113 Å². The number of ether oxygens (including phenoxy) is 1. The summed E-state index contributed by atoms with van der Waals surface area (Å²) in [7, 11) is 1.41. The van der Waals surface area contributed by atoms with Crippen molar-refractivity contribution in [2.45, 2.75) is 6.61 Å². The van der Waals surface area contributed by atoms with E-state index in [1.165, 1.54) is 25.3 Å². The van der Waals surface area contributed by atoms with Gasteiger partial charge in [0.05, 0.1) is 0 Å². The molecule has 0 aliphatic rings. The van der Waals surface area contributed by atoms with Crippen molar-refractivity contribution in [2.24, 2.45) is 7.05 Å². The van der Waals surface area contributed by atoms with Crippen molar-refractivity contribution in [1.29, 1.82) is 5.41 Å². The molecule has 0 amide bonds. The van der Waals surface area contributed by atoms with Gasteiger partial charge in [0.15, 0.2) is 0 Å². The van der Waals surface area contributed by atoms with Crippen molar-refractivity contribution >= 4 is 5.90 Å². The Balaban J connectivity index is 2.46. The molecule has 1 heterocycles. The zero-order valence-electron chi connectivity index (χ0n) is 10.7. The van der Waals surface area contributed by atoms with E-state index in [0.717, 1.165) is 9.36 Å². The van der Waals surface area contributed by atoms with Crippen LogP contribution in [0, 0.1) is 11.2 Å². The average Bonchev–Trinajstić information content (AvgIpc) is 2.76. The summed E-state index contributed by atoms with van der Waals surface area (Å²) in [5.41, 5.74) is -0.239. The number of tetrazole rings is 1. The number of halogens is 1. The fraction of sp³-hybridized carbons (Fsp3) is 0.167. The number of hydrogen-bond acceptors (Lipinski definition) is 5. The largest absolute Gasteiger partial charge is 0.473 e. The van der Waals surface area contributed by atoms with Gasteiger partial charge in [0.25, 0.3) is 0 Å². The topological polar surface area (TPSA) is 85.8 Å². The number of nitrogens with zero attached hydrogens (tertiary/aromatic N) is 4. The van der Waals surface area contributed by atoms with E-state index >= 15 is 0 Å². The second kappa shape index (κ2) is 5.47. The van der Waals surface area contributed by atoms with Crippen LogP contribution in [0.5, 0.6) is 0 Å². The summed E-state index contributed by atoms with van der Waals surface area (Å²) in [5.74, 6) is -0.773. The molecule has 2 aromatic rings. The van der Waals surface area contributed by atoms with Crippen molar-refractivity contribution in [3.63, 3.8) is 0 Å². The molecule has 0 aliphatic heterocycles. The highest BCUT2D eigenvalue weighted by molar-refractivity contribution is 5.83. The second-order valence-corrected chi connectivity index (χ2v) is 3.90. The molecule has 1 N–H and O–H groups in total. The van der Waals surface area contributed by atoms with Gasteiger partial charge in [0.2, 0.25) is 5.90 Å². The molecule has 1 aromatic carbocycles. The van der Waals surface area contributed by atoms with Crippen LogP contribution in [0.1, 0.15) is 5.56 Å². The van der Waals surface area contributed by atoms with E-state index in [-0.39, 0.29) is 18.2 Å². The number of nitrogens with one attached hydrogen (secondary N) is 1. The minimum Gasteiger partial charge on any atom is -0.473 e. The van der Waals surface area contributed by atoms with Crippen LogP contribution in [0.15, 0.2) is 35.6 Å². The van der Waals surface area contributed by atoms with E-state index < -0.39 is 11.5 Å². The molecular formula is C12H12FN5O2. The summed E-state index contributed by atoms with van der Waals surface area (Å²) in [6.45, 7) is 3.30. The quantitative estimate of drug-likeness (QED) is 0.661. The van der Waals surface area contributed by atoms with Crippen LogP contribution in [0.25, 0.3) is 5.69 Å². The first-order valence-corrected chi connectivity index (χ1v) is 5.65. The van der Waals surface area contributed by atoms with Gasteiger partial charge in [-0.25, -0.2) is 9.18 Å². The summed E-state index contributed by atoms with van der Waals surface area (Å²) >= 11 is 0. The number of benzene rings is 1. The van der Waals surface area contributed by atoms with Crippen LogP contribution in [0.3, 0.4) is 0 Å². The molecule has 104 valence electrons. The van der Waals surface area contributed by atoms with Crippen LogP contribution in [0.2, 0.25) is 0 Å². The predicted molar refractivity (Wildman–Crippen MR) is 69.3 cm³/mol. The Morgan fingerprint density at radius 3 is 2.90 bits per heavy atom. The van der Waals surface area contributed by atoms with Gasteiger partial charge in [-0.15, -0.1) is 0 Å². The highest BCUT2D eigenvalue weighted by atomic mass is 19.1. The molecule has 0 bridgehead atoms. The third-order valence-electron chi connectivity index (χ3n) is 2.57. The average molecular weight is 277 g/mol. The Morgan fingerprint density at radius 1 is 1.55 bits per heavy atom. The highest BCUT2D eigenvalue weighted by Crippen LogP contribution is 2.17. The first kappa shape index (κ1) is 13.7. The van der Waals surface area contributed by atoms with E-state index in [4.69, 9.17) is 10.1 Å². The van der Waals surface area contributed by atoms with Gasteiger partial charge in [0.1, 0.15) is 18.1 Å². The zero-order valence-corrected chi connectivity index (χ0v) is 10.7. The molecule has 7 nitrogen and oxygen atoms in total. The fourth-order valence-corrected chi connectivity index (χ4v) is 1.58. The van der Waals surface area contributed by atoms with Gasteiger partial charge in [0, 0.05) is 12.6 Å². The highest BCUT2D eigenvalue weighted by Gasteiger charge is 2.16. The predicted octanol–water partition coefficient (Wildman–Crippen LogP) is 0.785. The molecule has 1 aromatic heterocycles. The Hall–Kier alpha value is -2.77. The summed E-state index contributed by atoms with van der Waals surface area (Å²) in [6, 6.07) is 4.27. The smallest absolute Gasteiger partial charge is 0.368 e. The number of aryl methyl sites for hydroxylation is 1. The summed E-state index contributed by atoms with van der Waals surface area (Å²) in [4.78, 5) is 11.8. The Morgan fingerprint density at radius 2 is 2.30 bits per heavy atom. The zero-order chi connectivity index (χ0) is 14.7. The van der Waals surface area contributed by atoms with Gasteiger partial charge in [-0.2, -0.15) is 9.36 Å². The van der Waals surface area contributed by atoms with Gasteiger partial charge in [-0.3, -0.25) is 5.41 Å². The maximum atomic E-state index is 14.0. The van der Waals surface area contributed by atoms with E-state index in [1.54, 1.807) is 6.07 Å². The van der Waals surface area contributed by atoms with Crippen LogP contribution in [0.4, 0.5) is 4.39 Å². The Kier molecular flexibility index (Phi) is 3.74. The SMILES string of the molecule is C=CC(=N)OCc1cccc(F)c1-n1nnn(C)c1=O. The van der Waals surface area contributed by atoms with Gasteiger partial charge in [-0.05, 0) is 22.6 Å². The molecule has 0 spiro atoms. The molecule has 0 atom stereocenters. The summed E-state index contributed by atoms with van der Waals surface area (Å²) < 4.78 is 20.9. The molecule has 8 heteroatoms. The van der Waals surface area contributed by atoms with Crippen molar-refractivity contribution in [3.05, 3.63) is 52.7 Å². The minimum atomic E-state index is -0.626. The lowest BCUT2D eigenvalue weighted by molar-refractivity contribution is 0.291. The van der Waals surface area contributed by atoms with E-state index in [0.29, 0.717) is 5.56 Å². The van der Waals surface area contributed by atoms with Crippen molar-refractivity contribution in [3.8, 4) is 5.69 Å². The molecule has 0 aliphatic carbocycles. The van der Waals surface area contributed by atoms with Gasteiger partial charge < -0.3 is 4.74 Å². The van der Waals surface area contributed by atoms with E-state index in [1.807, 2.05) is 0 Å². The fourth-order valence-electron chi connectivity index (χ4n) is 1.58. The Bertz CT molecular complexity index is 719. The van der Waals surface area contributed by atoms with Crippen molar-refractivity contribution < 1.29 is 9.13 Å². The molecule has 0 saturated carbocycles. The second-order valence-electron chi connectivity index (χ2n) is 3.90. The standard InChI is InChI=1S/C12H12FN5O2/c1-3-10(14)20-7-8-5-4-6-9(13)11(8)18-12(19)17(2)15-16-18/h3-6,14H,1,7H2,2H3. The normalized spacial score (nSPS) is 10.3. The molecule has 20 heavy (non-hydrogen) atoms. The van der Waals surface area contributed by atoms with Crippen molar-refractivity contribution in [1.82, 2.24) is 19.8 Å². The van der Waals surface area contributed by atoms with E-state index in [2.05, 4.69) is 17.0 Å². The molecule has 0 unspecified atom stereocenters. The summed E-state index contributed by atoms with van der Waals surface area (Å²) in [6.07, 6.45) is 1.22. The maximum Gasteiger partial charge on any atom is 0.368 e. The third-order valence-corrected chi connectivity index (χ3v) is 2.57. The number of rotatable bonds is 4. The van der Waals surface area contributed by atoms with Crippen molar-refractivity contribution in [2.75, 3.05) is 0 Å². The lowest BCUT2D eigenvalue weighted by atomic mass is 10.2. The van der Waals surface area contributed by atoms with Gasteiger partial charge in [-0.1, -0.05) is 18.7 Å². The monoisotopic (exact) mass is 277 g/mol. The third kappa shape index (κ3) is 2.48. The number of para-hydroxylation sites is 1. The molecule has 0 saturated heterocycles. The van der Waals surface area contributed by atoms with Gasteiger partial charge >= 0.3 is 5.69 Å². The molecule has 0 radical (unpaired) electrons. The molecule has 0 fully saturated rings. The van der Waals surface area contributed by atoms with E-state index in [9.17, 15) is 9.18 Å². The maximum absolute atomic E-state index is 14.0. The first-order valence-electron chi connectivity index (χ1n) is 5.65. The molecular weight excluding hydrogens is 265 g/mol.